The molecule has 33 heavy (non-hydrogen) atoms. The van der Waals surface area contributed by atoms with E-state index in [0.717, 1.165) is 45.1 Å². The lowest BCUT2D eigenvalue weighted by atomic mass is 9.93. The summed E-state index contributed by atoms with van der Waals surface area (Å²) >= 11 is 0. The lowest BCUT2D eigenvalue weighted by Crippen LogP contribution is -2.41. The number of esters is 2. The first-order valence-corrected chi connectivity index (χ1v) is 13.2. The van der Waals surface area contributed by atoms with Crippen LogP contribution in [0.25, 0.3) is 0 Å². The van der Waals surface area contributed by atoms with Gasteiger partial charge in [0, 0.05) is 6.61 Å². The Kier molecular flexibility index (Phi) is 18.5. The topological polar surface area (TPSA) is 71.1 Å². The van der Waals surface area contributed by atoms with Crippen molar-refractivity contribution in [1.29, 1.82) is 0 Å². The van der Waals surface area contributed by atoms with Crippen LogP contribution in [-0.2, 0) is 28.5 Å². The predicted molar refractivity (Wildman–Crippen MR) is 133 cm³/mol. The summed E-state index contributed by atoms with van der Waals surface area (Å²) in [6.07, 6.45) is 11.5. The molecule has 0 aliphatic heterocycles. The lowest BCUT2D eigenvalue weighted by molar-refractivity contribution is -0.169. The molecule has 0 N–H and O–H groups in total. The SMILES string of the molecule is CCCCC(CCCC)OCCCCCCOC(=O)C(C)(COC(=O)C(C)C)COC(C)C. The van der Waals surface area contributed by atoms with Gasteiger partial charge in [0.05, 0.1) is 31.3 Å². The summed E-state index contributed by atoms with van der Waals surface area (Å²) in [6.45, 7) is 14.8. The van der Waals surface area contributed by atoms with Crippen LogP contribution in [-0.4, -0.2) is 50.6 Å². The van der Waals surface area contributed by atoms with Crippen LogP contribution in [0, 0.1) is 11.3 Å². The number of rotatable bonds is 21. The molecule has 0 radical (unpaired) electrons. The molecule has 0 spiro atoms. The van der Waals surface area contributed by atoms with E-state index in [1.807, 2.05) is 13.8 Å². The third-order valence-electron chi connectivity index (χ3n) is 5.62. The molecule has 0 amide bonds. The van der Waals surface area contributed by atoms with Gasteiger partial charge in [-0.3, -0.25) is 9.59 Å². The van der Waals surface area contributed by atoms with Gasteiger partial charge in [0.1, 0.15) is 12.0 Å². The van der Waals surface area contributed by atoms with Crippen molar-refractivity contribution in [3.63, 3.8) is 0 Å². The van der Waals surface area contributed by atoms with Gasteiger partial charge in [0.25, 0.3) is 0 Å². The molecule has 0 fully saturated rings. The first-order chi connectivity index (χ1) is 15.7. The highest BCUT2D eigenvalue weighted by molar-refractivity contribution is 5.78. The second kappa shape index (κ2) is 19.2. The van der Waals surface area contributed by atoms with E-state index in [2.05, 4.69) is 13.8 Å². The maximum Gasteiger partial charge on any atom is 0.317 e. The highest BCUT2D eigenvalue weighted by atomic mass is 16.6. The van der Waals surface area contributed by atoms with Gasteiger partial charge in [-0.2, -0.15) is 0 Å². The van der Waals surface area contributed by atoms with Crippen molar-refractivity contribution in [1.82, 2.24) is 0 Å². The Morgan fingerprint density at radius 3 is 1.82 bits per heavy atom. The molecule has 0 aromatic rings. The Bertz CT molecular complexity index is 497. The molecular weight excluding hydrogens is 420 g/mol. The third kappa shape index (κ3) is 16.2. The molecule has 0 saturated heterocycles. The lowest BCUT2D eigenvalue weighted by Gasteiger charge is -2.28. The van der Waals surface area contributed by atoms with Crippen LogP contribution in [0.4, 0.5) is 0 Å². The van der Waals surface area contributed by atoms with Crippen LogP contribution in [0.5, 0.6) is 0 Å². The first kappa shape index (κ1) is 31.9. The Balaban J connectivity index is 4.24. The maximum atomic E-state index is 12.7. The van der Waals surface area contributed by atoms with Gasteiger partial charge in [-0.05, 0) is 52.9 Å². The Labute approximate surface area is 203 Å². The number of carbonyl (C=O) groups excluding carboxylic acids is 2. The smallest absolute Gasteiger partial charge is 0.317 e. The van der Waals surface area contributed by atoms with E-state index >= 15 is 0 Å². The van der Waals surface area contributed by atoms with Gasteiger partial charge in [0.15, 0.2) is 0 Å². The molecule has 0 heterocycles. The highest BCUT2D eigenvalue weighted by Gasteiger charge is 2.37. The average molecular weight is 473 g/mol. The fourth-order valence-electron chi connectivity index (χ4n) is 3.23. The number of ether oxygens (including phenoxy) is 4. The van der Waals surface area contributed by atoms with Crippen LogP contribution in [0.15, 0.2) is 0 Å². The van der Waals surface area contributed by atoms with E-state index in [0.29, 0.717) is 12.7 Å². The molecule has 0 aromatic heterocycles. The van der Waals surface area contributed by atoms with Crippen molar-refractivity contribution >= 4 is 11.9 Å². The van der Waals surface area contributed by atoms with E-state index < -0.39 is 5.41 Å². The van der Waals surface area contributed by atoms with Gasteiger partial charge >= 0.3 is 11.9 Å². The molecule has 6 nitrogen and oxygen atoms in total. The van der Waals surface area contributed by atoms with Crippen molar-refractivity contribution in [3.05, 3.63) is 0 Å². The monoisotopic (exact) mass is 472 g/mol. The van der Waals surface area contributed by atoms with Crippen molar-refractivity contribution in [2.45, 2.75) is 125 Å². The number of unbranched alkanes of at least 4 members (excludes halogenated alkanes) is 5. The predicted octanol–water partition coefficient (Wildman–Crippen LogP) is 6.49. The zero-order chi connectivity index (χ0) is 25.1. The summed E-state index contributed by atoms with van der Waals surface area (Å²) in [5.74, 6) is -0.945. The summed E-state index contributed by atoms with van der Waals surface area (Å²) in [7, 11) is 0. The van der Waals surface area contributed by atoms with E-state index in [1.54, 1.807) is 20.8 Å². The largest absolute Gasteiger partial charge is 0.465 e. The second-order valence-corrected chi connectivity index (χ2v) is 10.0. The van der Waals surface area contributed by atoms with Gasteiger partial charge in [-0.1, -0.05) is 59.8 Å². The van der Waals surface area contributed by atoms with Gasteiger partial charge in [0.2, 0.25) is 0 Å². The van der Waals surface area contributed by atoms with Crippen LogP contribution in [0.2, 0.25) is 0 Å². The minimum atomic E-state index is -1.01. The fourth-order valence-corrected chi connectivity index (χ4v) is 3.23. The van der Waals surface area contributed by atoms with Crippen LogP contribution >= 0.6 is 0 Å². The molecule has 0 bridgehead atoms. The molecule has 0 rings (SSSR count). The number of carbonyl (C=O) groups is 2. The van der Waals surface area contributed by atoms with Crippen molar-refractivity contribution in [2.75, 3.05) is 26.4 Å². The van der Waals surface area contributed by atoms with Gasteiger partial charge in [-0.25, -0.2) is 0 Å². The van der Waals surface area contributed by atoms with Crippen molar-refractivity contribution in [2.24, 2.45) is 11.3 Å². The maximum absolute atomic E-state index is 12.7. The summed E-state index contributed by atoms with van der Waals surface area (Å²) in [5.41, 5.74) is -1.01. The average Bonchev–Trinajstić information content (AvgIpc) is 2.78. The Hall–Kier alpha value is -1.14. The second-order valence-electron chi connectivity index (χ2n) is 10.0. The van der Waals surface area contributed by atoms with Crippen LogP contribution in [0.3, 0.4) is 0 Å². The molecule has 1 unspecified atom stereocenters. The molecule has 6 heteroatoms. The molecule has 0 aliphatic rings. The standard InChI is InChI=1S/C27H52O6/c1-8-10-16-24(17-11-9-2)30-18-14-12-13-15-19-31-26(29)27(7,20-32-23(5)6)21-33-25(28)22(3)4/h22-24H,8-21H2,1-7H3. The summed E-state index contributed by atoms with van der Waals surface area (Å²) in [6, 6.07) is 0. The Morgan fingerprint density at radius 1 is 0.727 bits per heavy atom. The van der Waals surface area contributed by atoms with Crippen LogP contribution < -0.4 is 0 Å². The van der Waals surface area contributed by atoms with E-state index in [-0.39, 0.29) is 37.2 Å². The fraction of sp³-hybridized carbons (Fsp3) is 0.926. The zero-order valence-corrected chi connectivity index (χ0v) is 22.6. The molecule has 0 saturated carbocycles. The van der Waals surface area contributed by atoms with Gasteiger partial charge < -0.3 is 18.9 Å². The molecule has 196 valence electrons. The highest BCUT2D eigenvalue weighted by Crippen LogP contribution is 2.22. The quantitative estimate of drug-likeness (QED) is 0.140. The molecule has 0 aliphatic carbocycles. The van der Waals surface area contributed by atoms with E-state index in [1.165, 1.54) is 25.7 Å². The minimum absolute atomic E-state index is 0.0244. The normalized spacial score (nSPS) is 13.5. The summed E-state index contributed by atoms with van der Waals surface area (Å²) in [5, 5.41) is 0. The number of hydrogen-bond donors (Lipinski definition) is 0. The minimum Gasteiger partial charge on any atom is -0.465 e. The number of hydrogen-bond acceptors (Lipinski definition) is 6. The van der Waals surface area contributed by atoms with Crippen molar-refractivity contribution < 1.29 is 28.5 Å². The molecule has 1 atom stereocenters. The van der Waals surface area contributed by atoms with Gasteiger partial charge in [-0.15, -0.1) is 0 Å². The van der Waals surface area contributed by atoms with Crippen LogP contribution in [0.1, 0.15) is 113 Å². The van der Waals surface area contributed by atoms with E-state index in [9.17, 15) is 9.59 Å². The Morgan fingerprint density at radius 2 is 1.30 bits per heavy atom. The van der Waals surface area contributed by atoms with E-state index in [4.69, 9.17) is 18.9 Å². The van der Waals surface area contributed by atoms with Crippen molar-refractivity contribution in [3.8, 4) is 0 Å². The first-order valence-electron chi connectivity index (χ1n) is 13.2. The third-order valence-corrected chi connectivity index (χ3v) is 5.62. The summed E-state index contributed by atoms with van der Waals surface area (Å²) in [4.78, 5) is 24.6. The molecular formula is C27H52O6. The summed E-state index contributed by atoms with van der Waals surface area (Å²) < 4.78 is 22.6. The zero-order valence-electron chi connectivity index (χ0n) is 22.6. The molecule has 0 aromatic carbocycles.